The molecule has 3 fully saturated rings. The van der Waals surface area contributed by atoms with Crippen LogP contribution >= 0.6 is 0 Å². The number of carbonyl (C=O) groups excluding carboxylic acids is 2. The average molecular weight is 298 g/mol. The van der Waals surface area contributed by atoms with Gasteiger partial charge in [-0.3, -0.25) is 9.59 Å². The van der Waals surface area contributed by atoms with Gasteiger partial charge in [-0.1, -0.05) is 36.8 Å². The van der Waals surface area contributed by atoms with Crippen molar-refractivity contribution in [2.75, 3.05) is 7.11 Å². The number of hydrogen-bond donors (Lipinski definition) is 0. The fourth-order valence-corrected chi connectivity index (χ4v) is 5.48. The van der Waals surface area contributed by atoms with E-state index in [1.807, 2.05) is 6.07 Å². The molecule has 4 rings (SSSR count). The van der Waals surface area contributed by atoms with Crippen molar-refractivity contribution in [3.8, 4) is 0 Å². The SMILES string of the molecule is COC(=O)[C@]12CCC[C@@H]3C[C@](c4ccccc4)(CC1)[C@@H]3C2=O. The topological polar surface area (TPSA) is 43.4 Å². The number of esters is 1. The maximum absolute atomic E-state index is 13.3. The molecule has 0 heterocycles. The Morgan fingerprint density at radius 3 is 2.68 bits per heavy atom. The molecular formula is C19H22O3. The van der Waals surface area contributed by atoms with Crippen LogP contribution in [0.25, 0.3) is 0 Å². The lowest BCUT2D eigenvalue weighted by Gasteiger charge is -2.59. The van der Waals surface area contributed by atoms with Gasteiger partial charge in [-0.2, -0.15) is 0 Å². The molecule has 2 bridgehead atoms. The van der Waals surface area contributed by atoms with Crippen LogP contribution in [0.1, 0.15) is 44.1 Å². The number of hydrogen-bond acceptors (Lipinski definition) is 3. The molecule has 1 aromatic rings. The molecule has 22 heavy (non-hydrogen) atoms. The number of benzene rings is 1. The summed E-state index contributed by atoms with van der Waals surface area (Å²) in [4.78, 5) is 25.7. The van der Waals surface area contributed by atoms with Gasteiger partial charge in [-0.25, -0.2) is 0 Å². The number of ether oxygens (including phenoxy) is 1. The number of methoxy groups -OCH3 is 1. The van der Waals surface area contributed by atoms with E-state index < -0.39 is 5.41 Å². The standard InChI is InChI=1S/C19H22O3/c1-22-17(21)18-9-5-6-13-12-19(11-10-18,15(13)16(18)20)14-7-3-2-4-8-14/h2-4,7-8,13,15H,5-6,9-12H2,1H3/t13-,15+,18-,19+/m1/s1. The number of ketones is 1. The van der Waals surface area contributed by atoms with Gasteiger partial charge in [0.15, 0.2) is 5.78 Å². The van der Waals surface area contributed by atoms with Crippen LogP contribution in [0.4, 0.5) is 0 Å². The van der Waals surface area contributed by atoms with Crippen molar-refractivity contribution in [1.82, 2.24) is 0 Å². The van der Waals surface area contributed by atoms with Gasteiger partial charge in [-0.15, -0.1) is 0 Å². The van der Waals surface area contributed by atoms with Crippen molar-refractivity contribution < 1.29 is 14.3 Å². The summed E-state index contributed by atoms with van der Waals surface area (Å²) in [5.74, 6) is 0.347. The Kier molecular flexibility index (Phi) is 2.97. The zero-order chi connectivity index (χ0) is 15.4. The van der Waals surface area contributed by atoms with Gasteiger partial charge in [0.2, 0.25) is 0 Å². The third-order valence-electron chi connectivity index (χ3n) is 6.55. The third-order valence-corrected chi connectivity index (χ3v) is 6.55. The fourth-order valence-electron chi connectivity index (χ4n) is 5.48. The molecule has 3 heteroatoms. The van der Waals surface area contributed by atoms with Crippen LogP contribution in [0, 0.1) is 17.3 Å². The highest BCUT2D eigenvalue weighted by Gasteiger charge is 2.67. The van der Waals surface area contributed by atoms with Crippen LogP contribution in [-0.2, 0) is 19.7 Å². The summed E-state index contributed by atoms with van der Waals surface area (Å²) in [7, 11) is 1.41. The minimum absolute atomic E-state index is 0.0187. The average Bonchev–Trinajstić information content (AvgIpc) is 2.61. The molecule has 3 aliphatic carbocycles. The number of fused-ring (bicyclic) bond motifs is 1. The number of Topliss-reactive ketones (excluding diaryl/α,β-unsaturated/α-hetero) is 1. The maximum atomic E-state index is 13.3. The first-order valence-electron chi connectivity index (χ1n) is 8.32. The minimum Gasteiger partial charge on any atom is -0.468 e. The number of carbonyl (C=O) groups is 2. The summed E-state index contributed by atoms with van der Waals surface area (Å²) in [6.07, 6.45) is 5.40. The molecule has 1 aromatic carbocycles. The van der Waals surface area contributed by atoms with Crippen molar-refractivity contribution in [3.05, 3.63) is 35.9 Å². The molecule has 0 radical (unpaired) electrons. The van der Waals surface area contributed by atoms with Crippen LogP contribution in [0.15, 0.2) is 30.3 Å². The van der Waals surface area contributed by atoms with Crippen LogP contribution < -0.4 is 0 Å². The first-order valence-corrected chi connectivity index (χ1v) is 8.32. The lowest BCUT2D eigenvalue weighted by atomic mass is 9.42. The Labute approximate surface area is 131 Å². The summed E-state index contributed by atoms with van der Waals surface area (Å²) in [5.41, 5.74) is 0.405. The van der Waals surface area contributed by atoms with Crippen molar-refractivity contribution >= 4 is 11.8 Å². The molecule has 0 amide bonds. The second-order valence-corrected chi connectivity index (χ2v) is 7.29. The molecule has 0 spiro atoms. The summed E-state index contributed by atoms with van der Waals surface area (Å²) < 4.78 is 5.02. The van der Waals surface area contributed by atoms with Gasteiger partial charge in [0.1, 0.15) is 5.41 Å². The highest BCUT2D eigenvalue weighted by atomic mass is 16.5. The lowest BCUT2D eigenvalue weighted by molar-refractivity contribution is -0.170. The smallest absolute Gasteiger partial charge is 0.319 e. The molecule has 0 N–H and O–H groups in total. The second kappa shape index (κ2) is 4.68. The van der Waals surface area contributed by atoms with Gasteiger partial charge >= 0.3 is 5.97 Å². The van der Waals surface area contributed by atoms with E-state index >= 15 is 0 Å². The molecule has 3 aliphatic rings. The normalized spacial score (nSPS) is 39.6. The number of rotatable bonds is 2. The van der Waals surface area contributed by atoms with Crippen molar-refractivity contribution in [3.63, 3.8) is 0 Å². The highest BCUT2D eigenvalue weighted by molar-refractivity contribution is 6.07. The van der Waals surface area contributed by atoms with Crippen molar-refractivity contribution in [2.24, 2.45) is 17.3 Å². The van der Waals surface area contributed by atoms with Crippen molar-refractivity contribution in [2.45, 2.75) is 43.9 Å². The van der Waals surface area contributed by atoms with E-state index in [2.05, 4.69) is 24.3 Å². The van der Waals surface area contributed by atoms with E-state index in [0.29, 0.717) is 18.8 Å². The van der Waals surface area contributed by atoms with Gasteiger partial charge in [0.05, 0.1) is 7.11 Å². The quantitative estimate of drug-likeness (QED) is 0.622. The maximum Gasteiger partial charge on any atom is 0.319 e. The zero-order valence-corrected chi connectivity index (χ0v) is 13.0. The third kappa shape index (κ3) is 1.57. The van der Waals surface area contributed by atoms with E-state index in [4.69, 9.17) is 4.74 Å². The van der Waals surface area contributed by atoms with E-state index in [-0.39, 0.29) is 23.1 Å². The molecule has 3 nitrogen and oxygen atoms in total. The molecule has 0 aliphatic heterocycles. The van der Waals surface area contributed by atoms with Gasteiger partial charge < -0.3 is 4.74 Å². The van der Waals surface area contributed by atoms with Crippen molar-refractivity contribution in [1.29, 1.82) is 0 Å². The lowest BCUT2D eigenvalue weighted by Crippen LogP contribution is -2.62. The van der Waals surface area contributed by atoms with Gasteiger partial charge in [0, 0.05) is 11.3 Å². The first-order chi connectivity index (χ1) is 10.6. The van der Waals surface area contributed by atoms with E-state index in [9.17, 15) is 9.59 Å². The molecule has 3 saturated carbocycles. The largest absolute Gasteiger partial charge is 0.468 e. The Bertz CT molecular complexity index is 623. The molecule has 4 atom stereocenters. The van der Waals surface area contributed by atoms with Crippen LogP contribution in [0.5, 0.6) is 0 Å². The summed E-state index contributed by atoms with van der Waals surface area (Å²) in [6, 6.07) is 10.4. The van der Waals surface area contributed by atoms with Crippen LogP contribution in [-0.4, -0.2) is 18.9 Å². The van der Waals surface area contributed by atoms with Gasteiger partial charge in [-0.05, 0) is 43.6 Å². The Morgan fingerprint density at radius 1 is 1.18 bits per heavy atom. The summed E-state index contributed by atoms with van der Waals surface area (Å²) in [5, 5.41) is 0. The predicted octanol–water partition coefficient (Wildman–Crippen LogP) is 3.27. The molecule has 0 aromatic heterocycles. The Morgan fingerprint density at radius 2 is 1.95 bits per heavy atom. The van der Waals surface area contributed by atoms with E-state index in [1.165, 1.54) is 12.7 Å². The second-order valence-electron chi connectivity index (χ2n) is 7.29. The Balaban J connectivity index is 1.78. The monoisotopic (exact) mass is 298 g/mol. The van der Waals surface area contributed by atoms with Crippen LogP contribution in [0.2, 0.25) is 0 Å². The Hall–Kier alpha value is -1.64. The molecule has 0 unspecified atom stereocenters. The van der Waals surface area contributed by atoms with E-state index in [0.717, 1.165) is 25.7 Å². The minimum atomic E-state index is -0.854. The molecule has 116 valence electrons. The summed E-state index contributed by atoms with van der Waals surface area (Å²) in [6.45, 7) is 0. The summed E-state index contributed by atoms with van der Waals surface area (Å²) >= 11 is 0. The molecule has 0 saturated heterocycles. The first kappa shape index (κ1) is 14.0. The fraction of sp³-hybridized carbons (Fsp3) is 0.579. The molecular weight excluding hydrogens is 276 g/mol. The highest BCUT2D eigenvalue weighted by Crippen LogP contribution is 2.65. The predicted molar refractivity (Wildman–Crippen MR) is 82.3 cm³/mol. The van der Waals surface area contributed by atoms with Gasteiger partial charge in [0.25, 0.3) is 0 Å². The zero-order valence-electron chi connectivity index (χ0n) is 13.0. The van der Waals surface area contributed by atoms with Crippen LogP contribution in [0.3, 0.4) is 0 Å². The van der Waals surface area contributed by atoms with E-state index in [1.54, 1.807) is 0 Å².